The zero-order chi connectivity index (χ0) is 16.5. The SMILES string of the molecule is CC.CC.Nc1ccc(-c2cc3cc(C=O)cnc3[nH]2)cc1. The summed E-state index contributed by atoms with van der Waals surface area (Å²) in [5.74, 6) is 0. The van der Waals surface area contributed by atoms with E-state index in [1.807, 2.05) is 64.1 Å². The molecule has 0 radical (unpaired) electrons. The number of aromatic nitrogens is 2. The second-order valence-corrected chi connectivity index (χ2v) is 4.13. The first-order valence-corrected chi connectivity index (χ1v) is 7.56. The quantitative estimate of drug-likeness (QED) is 0.533. The summed E-state index contributed by atoms with van der Waals surface area (Å²) in [7, 11) is 0. The summed E-state index contributed by atoms with van der Waals surface area (Å²) in [6, 6.07) is 11.4. The molecule has 0 spiro atoms. The smallest absolute Gasteiger partial charge is 0.151 e. The average Bonchev–Trinajstić information content (AvgIpc) is 3.02. The van der Waals surface area contributed by atoms with E-state index in [2.05, 4.69) is 9.97 Å². The Labute approximate surface area is 131 Å². The lowest BCUT2D eigenvalue weighted by Gasteiger charge is -1.97. The molecule has 4 heteroatoms. The fourth-order valence-electron chi connectivity index (χ4n) is 1.92. The minimum absolute atomic E-state index is 0.574. The number of anilines is 1. The van der Waals surface area contributed by atoms with Crippen LogP contribution in [0.5, 0.6) is 0 Å². The van der Waals surface area contributed by atoms with Crippen molar-refractivity contribution < 1.29 is 4.79 Å². The number of fused-ring (bicyclic) bond motifs is 1. The van der Waals surface area contributed by atoms with Crippen LogP contribution in [0.2, 0.25) is 0 Å². The zero-order valence-corrected chi connectivity index (χ0v) is 13.6. The Morgan fingerprint density at radius 3 is 2.27 bits per heavy atom. The number of H-pyrrole nitrogens is 1. The number of nitrogen functional groups attached to an aromatic ring is 1. The number of aromatic amines is 1. The van der Waals surface area contributed by atoms with Crippen LogP contribution in [0.15, 0.2) is 42.6 Å². The van der Waals surface area contributed by atoms with Gasteiger partial charge in [-0.1, -0.05) is 39.8 Å². The minimum atomic E-state index is 0.574. The van der Waals surface area contributed by atoms with Crippen LogP contribution in [0, 0.1) is 0 Å². The largest absolute Gasteiger partial charge is 0.399 e. The van der Waals surface area contributed by atoms with Crippen molar-refractivity contribution in [1.82, 2.24) is 9.97 Å². The van der Waals surface area contributed by atoms with E-state index >= 15 is 0 Å². The van der Waals surface area contributed by atoms with Crippen molar-refractivity contribution >= 4 is 23.0 Å². The predicted molar refractivity (Wildman–Crippen MR) is 94.0 cm³/mol. The molecule has 0 saturated carbocycles. The Morgan fingerprint density at radius 1 is 1.05 bits per heavy atom. The second-order valence-electron chi connectivity index (χ2n) is 4.13. The van der Waals surface area contributed by atoms with Gasteiger partial charge in [0.05, 0.1) is 0 Å². The molecule has 0 saturated heterocycles. The summed E-state index contributed by atoms with van der Waals surface area (Å²) in [5, 5.41) is 0.923. The van der Waals surface area contributed by atoms with E-state index in [1.165, 1.54) is 0 Å². The summed E-state index contributed by atoms with van der Waals surface area (Å²) in [6.07, 6.45) is 2.35. The van der Waals surface area contributed by atoms with Gasteiger partial charge >= 0.3 is 0 Å². The van der Waals surface area contributed by atoms with Crippen LogP contribution in [0.25, 0.3) is 22.3 Å². The van der Waals surface area contributed by atoms with Gasteiger partial charge in [-0.25, -0.2) is 4.98 Å². The molecule has 4 nitrogen and oxygen atoms in total. The molecular formula is C18H23N3O. The number of carbonyl (C=O) groups is 1. The highest BCUT2D eigenvalue weighted by atomic mass is 16.1. The predicted octanol–water partition coefficient (Wildman–Crippen LogP) is 4.68. The summed E-state index contributed by atoms with van der Waals surface area (Å²) < 4.78 is 0. The van der Waals surface area contributed by atoms with Crippen LogP contribution in [0.1, 0.15) is 38.1 Å². The number of carbonyl (C=O) groups excluding carboxylic acids is 1. The highest BCUT2D eigenvalue weighted by Gasteiger charge is 2.04. The lowest BCUT2D eigenvalue weighted by Crippen LogP contribution is -1.84. The average molecular weight is 297 g/mol. The van der Waals surface area contributed by atoms with Crippen molar-refractivity contribution in [3.8, 4) is 11.3 Å². The number of aldehydes is 1. The van der Waals surface area contributed by atoms with Gasteiger partial charge in [-0.15, -0.1) is 0 Å². The van der Waals surface area contributed by atoms with Crippen LogP contribution < -0.4 is 5.73 Å². The summed E-state index contributed by atoms with van der Waals surface area (Å²) in [6.45, 7) is 8.00. The number of rotatable bonds is 2. The molecule has 0 aliphatic rings. The van der Waals surface area contributed by atoms with E-state index in [-0.39, 0.29) is 0 Å². The van der Waals surface area contributed by atoms with Crippen molar-refractivity contribution in [3.63, 3.8) is 0 Å². The molecule has 3 aromatic rings. The van der Waals surface area contributed by atoms with Gasteiger partial charge < -0.3 is 10.7 Å². The molecule has 0 bridgehead atoms. The molecule has 0 aliphatic heterocycles. The normalized spacial score (nSPS) is 9.27. The fourth-order valence-corrected chi connectivity index (χ4v) is 1.92. The minimum Gasteiger partial charge on any atom is -0.399 e. The molecule has 22 heavy (non-hydrogen) atoms. The van der Waals surface area contributed by atoms with E-state index < -0.39 is 0 Å². The Hall–Kier alpha value is -2.62. The molecule has 0 atom stereocenters. The van der Waals surface area contributed by atoms with Crippen molar-refractivity contribution in [1.29, 1.82) is 0 Å². The Kier molecular flexibility index (Phi) is 6.83. The summed E-state index contributed by atoms with van der Waals surface area (Å²) in [5.41, 5.74) is 9.73. The summed E-state index contributed by atoms with van der Waals surface area (Å²) >= 11 is 0. The van der Waals surface area contributed by atoms with Crippen molar-refractivity contribution in [2.45, 2.75) is 27.7 Å². The third-order valence-electron chi connectivity index (χ3n) is 2.85. The van der Waals surface area contributed by atoms with Gasteiger partial charge in [-0.3, -0.25) is 4.79 Å². The first-order chi connectivity index (χ1) is 10.8. The van der Waals surface area contributed by atoms with Crippen LogP contribution in [-0.2, 0) is 0 Å². The van der Waals surface area contributed by atoms with Crippen LogP contribution in [-0.4, -0.2) is 16.3 Å². The van der Waals surface area contributed by atoms with Crippen molar-refractivity contribution in [2.75, 3.05) is 5.73 Å². The molecule has 0 unspecified atom stereocenters. The van der Waals surface area contributed by atoms with Gasteiger partial charge in [0.25, 0.3) is 0 Å². The number of hydrogen-bond acceptors (Lipinski definition) is 3. The van der Waals surface area contributed by atoms with E-state index in [0.29, 0.717) is 5.56 Å². The van der Waals surface area contributed by atoms with Crippen molar-refractivity contribution in [3.05, 3.63) is 48.2 Å². The van der Waals surface area contributed by atoms with Gasteiger partial charge in [-0.05, 0) is 29.8 Å². The maximum atomic E-state index is 10.7. The van der Waals surface area contributed by atoms with Crippen LogP contribution in [0.3, 0.4) is 0 Å². The molecular weight excluding hydrogens is 274 g/mol. The number of nitrogens with one attached hydrogen (secondary N) is 1. The summed E-state index contributed by atoms with van der Waals surface area (Å²) in [4.78, 5) is 18.1. The van der Waals surface area contributed by atoms with Crippen LogP contribution >= 0.6 is 0 Å². The van der Waals surface area contributed by atoms with E-state index in [4.69, 9.17) is 5.73 Å². The van der Waals surface area contributed by atoms with E-state index in [0.717, 1.165) is 34.3 Å². The third-order valence-corrected chi connectivity index (χ3v) is 2.85. The highest BCUT2D eigenvalue weighted by Crippen LogP contribution is 2.24. The Bertz CT molecular complexity index is 715. The number of nitrogens with two attached hydrogens (primary N) is 1. The highest BCUT2D eigenvalue weighted by molar-refractivity contribution is 5.88. The molecule has 2 aromatic heterocycles. The lowest BCUT2D eigenvalue weighted by atomic mass is 10.1. The number of benzene rings is 1. The maximum Gasteiger partial charge on any atom is 0.151 e. The first-order valence-electron chi connectivity index (χ1n) is 7.56. The van der Waals surface area contributed by atoms with Gasteiger partial charge in [0.2, 0.25) is 0 Å². The topological polar surface area (TPSA) is 71.8 Å². The van der Waals surface area contributed by atoms with E-state index in [9.17, 15) is 4.79 Å². The molecule has 0 fully saturated rings. The molecule has 116 valence electrons. The molecule has 0 amide bonds. The molecule has 0 aliphatic carbocycles. The monoisotopic (exact) mass is 297 g/mol. The number of nitrogens with zero attached hydrogens (tertiary/aromatic N) is 1. The first kappa shape index (κ1) is 17.4. The van der Waals surface area contributed by atoms with Crippen molar-refractivity contribution in [2.24, 2.45) is 0 Å². The molecule has 2 heterocycles. The van der Waals surface area contributed by atoms with Gasteiger partial charge in [0.15, 0.2) is 6.29 Å². The third kappa shape index (κ3) is 3.95. The van der Waals surface area contributed by atoms with E-state index in [1.54, 1.807) is 6.20 Å². The molecule has 1 aromatic carbocycles. The Morgan fingerprint density at radius 2 is 1.68 bits per heavy atom. The second kappa shape index (κ2) is 8.62. The van der Waals surface area contributed by atoms with Gasteiger partial charge in [0.1, 0.15) is 5.65 Å². The standard InChI is InChI=1S/C14H11N3O.2C2H6/c15-12-3-1-10(2-4-12)13-6-11-5-9(8-18)7-16-14(11)17-13;2*1-2/h1-8H,15H2,(H,16,17);2*1-2H3. The number of pyridine rings is 1. The van der Waals surface area contributed by atoms with Crippen LogP contribution in [0.4, 0.5) is 5.69 Å². The maximum absolute atomic E-state index is 10.7. The fraction of sp³-hybridized carbons (Fsp3) is 0.222. The lowest BCUT2D eigenvalue weighted by molar-refractivity contribution is 0.112. The molecule has 3 rings (SSSR count). The van der Waals surface area contributed by atoms with Gasteiger partial charge in [0, 0.05) is 28.5 Å². The number of hydrogen-bond donors (Lipinski definition) is 2. The molecule has 3 N–H and O–H groups in total. The van der Waals surface area contributed by atoms with Gasteiger partial charge in [-0.2, -0.15) is 0 Å². The Balaban J connectivity index is 0.000000561. The zero-order valence-electron chi connectivity index (χ0n) is 13.6.